The molecule has 2 unspecified atom stereocenters. The highest BCUT2D eigenvalue weighted by atomic mass is 16.1. The highest BCUT2D eigenvalue weighted by Gasteiger charge is 2.31. The van der Waals surface area contributed by atoms with E-state index in [1.54, 1.807) is 12.3 Å². The van der Waals surface area contributed by atoms with Crippen LogP contribution in [0.1, 0.15) is 39.9 Å². The fourth-order valence-electron chi connectivity index (χ4n) is 4.31. The number of allylic oxidation sites excluding steroid dienone is 1. The summed E-state index contributed by atoms with van der Waals surface area (Å²) in [5.41, 5.74) is 11.7. The van der Waals surface area contributed by atoms with Gasteiger partial charge in [0.05, 0.1) is 23.1 Å². The third kappa shape index (κ3) is 3.70. The van der Waals surface area contributed by atoms with Gasteiger partial charge in [0, 0.05) is 37.3 Å². The molecule has 1 amide bonds. The van der Waals surface area contributed by atoms with Crippen LogP contribution in [0.3, 0.4) is 0 Å². The number of nitrogens with two attached hydrogens (primary N) is 1. The van der Waals surface area contributed by atoms with E-state index < -0.39 is 5.91 Å². The van der Waals surface area contributed by atoms with Crippen molar-refractivity contribution in [2.75, 3.05) is 0 Å². The maximum absolute atomic E-state index is 11.9. The molecule has 0 fully saturated rings. The second-order valence-corrected chi connectivity index (χ2v) is 7.90. The maximum atomic E-state index is 11.9. The summed E-state index contributed by atoms with van der Waals surface area (Å²) in [4.78, 5) is 20.9. The van der Waals surface area contributed by atoms with Crippen LogP contribution in [0.25, 0.3) is 5.65 Å². The van der Waals surface area contributed by atoms with Gasteiger partial charge in [-0.25, -0.2) is 4.98 Å². The molecule has 32 heavy (non-hydrogen) atoms. The number of rotatable bonds is 5. The molecule has 2 atom stereocenters. The topological polar surface area (TPSA) is 109 Å². The van der Waals surface area contributed by atoms with Crippen LogP contribution in [0.15, 0.2) is 77.2 Å². The Hall–Kier alpha value is -3.75. The number of fused-ring (bicyclic) bond motifs is 1. The number of nitrogens with one attached hydrogen (secondary N) is 3. The van der Waals surface area contributed by atoms with Gasteiger partial charge in [-0.2, -0.15) is 0 Å². The molecule has 2 aliphatic rings. The Balaban J connectivity index is 1.52. The minimum absolute atomic E-state index is 0.0741. The van der Waals surface area contributed by atoms with Crippen LogP contribution in [0, 0.1) is 6.92 Å². The Morgan fingerprint density at radius 3 is 2.91 bits per heavy atom. The van der Waals surface area contributed by atoms with Gasteiger partial charge in [-0.1, -0.05) is 30.3 Å². The normalized spacial score (nSPS) is 20.2. The number of hydrogen-bond donors (Lipinski definition) is 4. The first-order chi connectivity index (χ1) is 15.6. The first kappa shape index (κ1) is 20.2. The number of hydrogen-bond acceptors (Lipinski definition) is 6. The number of aromatic nitrogens is 2. The Labute approximate surface area is 185 Å². The van der Waals surface area contributed by atoms with Gasteiger partial charge in [0.25, 0.3) is 5.91 Å². The van der Waals surface area contributed by atoms with Crippen LogP contribution in [-0.4, -0.2) is 27.7 Å². The van der Waals surface area contributed by atoms with Gasteiger partial charge in [-0.15, -0.1) is 0 Å². The highest BCUT2D eigenvalue weighted by Crippen LogP contribution is 2.27. The smallest absolute Gasteiger partial charge is 0.252 e. The van der Waals surface area contributed by atoms with Crippen LogP contribution in [0.2, 0.25) is 0 Å². The molecule has 0 saturated carbocycles. The van der Waals surface area contributed by atoms with E-state index >= 15 is 0 Å². The van der Waals surface area contributed by atoms with Crippen molar-refractivity contribution < 1.29 is 4.79 Å². The molecule has 0 bridgehead atoms. The molecule has 0 saturated heterocycles. The average molecular weight is 428 g/mol. The van der Waals surface area contributed by atoms with E-state index in [-0.39, 0.29) is 12.3 Å². The summed E-state index contributed by atoms with van der Waals surface area (Å²) in [6.07, 6.45) is 8.05. The summed E-state index contributed by atoms with van der Waals surface area (Å²) in [6, 6.07) is 13.8. The molecule has 2 aromatic heterocycles. The fourth-order valence-corrected chi connectivity index (χ4v) is 4.31. The molecular weight excluding hydrogens is 402 g/mol. The Bertz CT molecular complexity index is 1260. The van der Waals surface area contributed by atoms with E-state index in [1.807, 2.05) is 54.1 Å². The van der Waals surface area contributed by atoms with Crippen molar-refractivity contribution in [3.05, 3.63) is 94.7 Å². The SMILES string of the molecule is Cc1nc2c(C(N)=O)cccn2c1C1NC2=C(CC=NC=C2)C(NCc2ccccc2)N1. The fraction of sp³-hybridized carbons (Fsp3) is 0.208. The van der Waals surface area contributed by atoms with Crippen LogP contribution in [-0.2, 0) is 6.54 Å². The molecule has 3 aromatic rings. The quantitative estimate of drug-likeness (QED) is 0.500. The van der Waals surface area contributed by atoms with Crippen LogP contribution >= 0.6 is 0 Å². The molecule has 2 aliphatic heterocycles. The zero-order valence-electron chi connectivity index (χ0n) is 17.7. The van der Waals surface area contributed by atoms with Crippen molar-refractivity contribution >= 4 is 17.8 Å². The first-order valence-corrected chi connectivity index (χ1v) is 10.6. The number of imidazole rings is 1. The lowest BCUT2D eigenvalue weighted by Crippen LogP contribution is -2.53. The van der Waals surface area contributed by atoms with Crippen molar-refractivity contribution in [3.63, 3.8) is 0 Å². The number of benzene rings is 1. The standard InChI is InChI=1S/C24H25N7O/c1-15-20(31-13-5-8-18(21(25)32)24(31)28-15)23-29-19-10-12-26-11-9-17(19)22(30-23)27-14-16-6-3-2-4-7-16/h2-8,10-13,22-23,27,29-30H,9,14H2,1H3,(H2,25,32). The molecule has 5 N–H and O–H groups in total. The average Bonchev–Trinajstić information content (AvgIpc) is 2.96. The molecule has 5 rings (SSSR count). The first-order valence-electron chi connectivity index (χ1n) is 10.6. The van der Waals surface area contributed by atoms with Gasteiger partial charge in [-0.05, 0) is 36.3 Å². The molecule has 0 spiro atoms. The Kier molecular flexibility index (Phi) is 5.30. The molecule has 8 heteroatoms. The molecule has 8 nitrogen and oxygen atoms in total. The number of primary amides is 1. The molecule has 1 aromatic carbocycles. The third-order valence-corrected chi connectivity index (χ3v) is 5.83. The predicted molar refractivity (Wildman–Crippen MR) is 124 cm³/mol. The van der Waals surface area contributed by atoms with Gasteiger partial charge in [0.15, 0.2) is 0 Å². The van der Waals surface area contributed by atoms with Gasteiger partial charge >= 0.3 is 0 Å². The molecule has 0 aliphatic carbocycles. The number of carbonyl (C=O) groups is 1. The zero-order valence-corrected chi connectivity index (χ0v) is 17.7. The summed E-state index contributed by atoms with van der Waals surface area (Å²) >= 11 is 0. The number of pyridine rings is 1. The van der Waals surface area contributed by atoms with Crippen molar-refractivity contribution in [2.24, 2.45) is 10.7 Å². The van der Waals surface area contributed by atoms with Crippen molar-refractivity contribution in [2.45, 2.75) is 32.2 Å². The van der Waals surface area contributed by atoms with E-state index in [1.165, 1.54) is 11.1 Å². The van der Waals surface area contributed by atoms with Crippen LogP contribution in [0.5, 0.6) is 0 Å². The lowest BCUT2D eigenvalue weighted by molar-refractivity contribution is 0.100. The summed E-state index contributed by atoms with van der Waals surface area (Å²) in [5.74, 6) is -0.493. The van der Waals surface area contributed by atoms with E-state index in [0.717, 1.165) is 30.1 Å². The minimum Gasteiger partial charge on any atom is -0.365 e. The molecular formula is C24H25N7O. The lowest BCUT2D eigenvalue weighted by atomic mass is 10.0. The number of nitrogens with zero attached hydrogens (tertiary/aromatic N) is 3. The summed E-state index contributed by atoms with van der Waals surface area (Å²) in [6.45, 7) is 2.67. The number of aryl methyl sites for hydroxylation is 1. The van der Waals surface area contributed by atoms with Gasteiger partial charge in [-0.3, -0.25) is 24.8 Å². The van der Waals surface area contributed by atoms with E-state index in [0.29, 0.717) is 11.2 Å². The maximum Gasteiger partial charge on any atom is 0.252 e. The van der Waals surface area contributed by atoms with Crippen LogP contribution < -0.4 is 21.7 Å². The van der Waals surface area contributed by atoms with Gasteiger partial charge in [0.1, 0.15) is 11.8 Å². The lowest BCUT2D eigenvalue weighted by Gasteiger charge is -2.36. The van der Waals surface area contributed by atoms with E-state index in [9.17, 15) is 4.79 Å². The van der Waals surface area contributed by atoms with E-state index in [2.05, 4.69) is 38.1 Å². The van der Waals surface area contributed by atoms with Crippen molar-refractivity contribution in [3.8, 4) is 0 Å². The van der Waals surface area contributed by atoms with Crippen molar-refractivity contribution in [1.82, 2.24) is 25.3 Å². The highest BCUT2D eigenvalue weighted by molar-refractivity contribution is 5.98. The second-order valence-electron chi connectivity index (χ2n) is 7.90. The summed E-state index contributed by atoms with van der Waals surface area (Å²) < 4.78 is 1.93. The Morgan fingerprint density at radius 1 is 1.25 bits per heavy atom. The third-order valence-electron chi connectivity index (χ3n) is 5.83. The summed E-state index contributed by atoms with van der Waals surface area (Å²) in [7, 11) is 0. The monoisotopic (exact) mass is 427 g/mol. The Morgan fingerprint density at radius 2 is 2.09 bits per heavy atom. The zero-order chi connectivity index (χ0) is 22.1. The number of aliphatic imine (C=N–C) groups is 1. The largest absolute Gasteiger partial charge is 0.365 e. The predicted octanol–water partition coefficient (Wildman–Crippen LogP) is 2.29. The van der Waals surface area contributed by atoms with Crippen molar-refractivity contribution in [1.29, 1.82) is 0 Å². The van der Waals surface area contributed by atoms with Crippen LogP contribution in [0.4, 0.5) is 0 Å². The molecule has 0 radical (unpaired) electrons. The number of carbonyl (C=O) groups excluding carboxylic acids is 1. The minimum atomic E-state index is -0.493. The van der Waals surface area contributed by atoms with E-state index in [4.69, 9.17) is 5.73 Å². The van der Waals surface area contributed by atoms with Gasteiger partial charge < -0.3 is 11.1 Å². The van der Waals surface area contributed by atoms with Gasteiger partial charge in [0.2, 0.25) is 0 Å². The molecule has 162 valence electrons. The molecule has 4 heterocycles. The second kappa shape index (κ2) is 8.41. The number of amides is 1. The summed E-state index contributed by atoms with van der Waals surface area (Å²) in [5, 5.41) is 10.9.